The molecule has 0 aliphatic rings. The average Bonchev–Trinajstić information content (AvgIpc) is 2.69. The highest BCUT2D eigenvalue weighted by Crippen LogP contribution is 2.13. The minimum atomic E-state index is -4.93. The molecule has 0 saturated carbocycles. The normalized spacial score (nSPS) is 10.6. The summed E-state index contributed by atoms with van der Waals surface area (Å²) in [6.45, 7) is 3.50. The van der Waals surface area contributed by atoms with Gasteiger partial charge in [0.1, 0.15) is 12.8 Å². The molecule has 0 amide bonds. The minimum absolute atomic E-state index is 0. The van der Waals surface area contributed by atoms with Gasteiger partial charge in [0.15, 0.2) is 5.13 Å². The number of halogens is 1. The van der Waals surface area contributed by atoms with Crippen LogP contribution in [0.1, 0.15) is 19.5 Å². The highest BCUT2D eigenvalue weighted by atomic mass is 35.5. The van der Waals surface area contributed by atoms with E-state index in [2.05, 4.69) is 19.2 Å². The highest BCUT2D eigenvalue weighted by molar-refractivity contribution is 7.81. The van der Waals surface area contributed by atoms with E-state index in [9.17, 15) is 13.2 Å². The Morgan fingerprint density at radius 3 is 2.32 bits per heavy atom. The van der Waals surface area contributed by atoms with Crippen molar-refractivity contribution in [2.75, 3.05) is 12.8 Å². The number of rotatable bonds is 4. The van der Waals surface area contributed by atoms with Crippen LogP contribution in [-0.4, -0.2) is 42.5 Å². The zero-order valence-electron chi connectivity index (χ0n) is 11.8. The minimum Gasteiger partial charge on any atom is -0.398 e. The van der Waals surface area contributed by atoms with Crippen molar-refractivity contribution in [3.8, 4) is 0 Å². The molecule has 0 aromatic carbocycles. The molecule has 0 radical (unpaired) electrons. The topological polar surface area (TPSA) is 165 Å². The van der Waals surface area contributed by atoms with Gasteiger partial charge < -0.3 is 20.2 Å². The first kappa shape index (κ1) is 22.5. The summed E-state index contributed by atoms with van der Waals surface area (Å²) in [6, 6.07) is 0. The van der Waals surface area contributed by atoms with E-state index < -0.39 is 22.1 Å². The molecule has 0 fully saturated rings. The van der Waals surface area contributed by atoms with Gasteiger partial charge in [-0.25, -0.2) is 9.78 Å². The number of anilines is 1. The molecule has 0 bridgehead atoms. The van der Waals surface area contributed by atoms with Crippen molar-refractivity contribution in [1.29, 1.82) is 5.41 Å². The molecule has 0 aliphatic heterocycles. The van der Waals surface area contributed by atoms with Crippen molar-refractivity contribution in [2.45, 2.75) is 13.8 Å². The Labute approximate surface area is 137 Å². The number of oxime groups is 1. The van der Waals surface area contributed by atoms with Gasteiger partial charge in [0, 0.05) is 11.1 Å². The third kappa shape index (κ3) is 10.0. The number of carbonyl (C=O) groups is 1. The number of hydrogen-bond acceptors (Lipinski definition) is 10. The molecule has 0 atom stereocenters. The number of nitrogen functional groups attached to an aromatic ring is 1. The fourth-order valence-corrected chi connectivity index (χ4v) is 1.63. The van der Waals surface area contributed by atoms with Crippen LogP contribution in [0.25, 0.3) is 0 Å². The molecule has 126 valence electrons. The van der Waals surface area contributed by atoms with Crippen LogP contribution in [0.3, 0.4) is 0 Å². The molecule has 0 spiro atoms. The SMILES string of the molecule is CC(C)=N.CON=C(C(=O)OS(=O)(=O)O)c1csc(N)n1.Cl. The first-order chi connectivity index (χ1) is 9.56. The fraction of sp³-hybridized carbons (Fsp3) is 0.333. The van der Waals surface area contributed by atoms with Gasteiger partial charge in [-0.3, -0.25) is 4.55 Å². The largest absolute Gasteiger partial charge is 0.449 e. The standard InChI is InChI=1S/C6H7N3O6S2.C3H7N.ClH/c1-14-9-4(3-2-16-6(7)8-3)5(10)15-17(11,12)13;1-3(2)4;/h2H,1H3,(H2,7,8)(H,11,12,13);4H,1-2H3;1H. The smallest absolute Gasteiger partial charge is 0.398 e. The Morgan fingerprint density at radius 1 is 1.50 bits per heavy atom. The Hall–Kier alpha value is -1.76. The molecule has 1 aromatic rings. The maximum absolute atomic E-state index is 11.3. The summed E-state index contributed by atoms with van der Waals surface area (Å²) in [5.74, 6) is -1.43. The number of nitrogens with two attached hydrogens (primary N) is 1. The molecule has 0 aliphatic carbocycles. The highest BCUT2D eigenvalue weighted by Gasteiger charge is 2.24. The van der Waals surface area contributed by atoms with Crippen molar-refractivity contribution in [3.05, 3.63) is 11.1 Å². The Morgan fingerprint density at radius 2 is 2.00 bits per heavy atom. The molecule has 13 heteroatoms. The zero-order valence-corrected chi connectivity index (χ0v) is 14.2. The van der Waals surface area contributed by atoms with Crippen LogP contribution in [0.15, 0.2) is 10.5 Å². The molecular weight excluding hydrogens is 360 g/mol. The van der Waals surface area contributed by atoms with Gasteiger partial charge in [0.05, 0.1) is 0 Å². The Kier molecular flexibility index (Phi) is 10.3. The second-order valence-corrected chi connectivity index (χ2v) is 5.40. The van der Waals surface area contributed by atoms with Gasteiger partial charge >= 0.3 is 16.4 Å². The lowest BCUT2D eigenvalue weighted by Crippen LogP contribution is -2.22. The molecule has 0 saturated heterocycles. The van der Waals surface area contributed by atoms with Crippen LogP contribution in [0, 0.1) is 5.41 Å². The van der Waals surface area contributed by atoms with E-state index in [0.29, 0.717) is 5.71 Å². The van der Waals surface area contributed by atoms with E-state index in [4.69, 9.17) is 15.7 Å². The molecular formula is C9H15ClN4O6S2. The summed E-state index contributed by atoms with van der Waals surface area (Å²) in [4.78, 5) is 19.3. The fourth-order valence-electron chi connectivity index (χ4n) is 0.811. The molecule has 10 nitrogen and oxygen atoms in total. The summed E-state index contributed by atoms with van der Waals surface area (Å²) >= 11 is 1.00. The zero-order chi connectivity index (χ0) is 16.6. The van der Waals surface area contributed by atoms with Crippen LogP contribution in [0.2, 0.25) is 0 Å². The molecule has 1 aromatic heterocycles. The Bertz CT molecular complexity index is 638. The van der Waals surface area contributed by atoms with E-state index >= 15 is 0 Å². The Balaban J connectivity index is 0. The second-order valence-electron chi connectivity index (χ2n) is 3.49. The maximum atomic E-state index is 11.3. The number of aromatic nitrogens is 1. The maximum Gasteiger partial charge on any atom is 0.449 e. The lowest BCUT2D eigenvalue weighted by Gasteiger charge is -2.00. The number of hydrogen-bond donors (Lipinski definition) is 3. The van der Waals surface area contributed by atoms with E-state index in [1.807, 2.05) is 0 Å². The number of nitrogens with one attached hydrogen (secondary N) is 1. The van der Waals surface area contributed by atoms with Crippen molar-refractivity contribution in [3.63, 3.8) is 0 Å². The average molecular weight is 375 g/mol. The molecule has 4 N–H and O–H groups in total. The predicted molar refractivity (Wildman–Crippen MR) is 84.0 cm³/mol. The van der Waals surface area contributed by atoms with Gasteiger partial charge in [0.25, 0.3) is 0 Å². The van der Waals surface area contributed by atoms with Crippen molar-refractivity contribution < 1.29 is 26.8 Å². The lowest BCUT2D eigenvalue weighted by molar-refractivity contribution is -0.127. The third-order valence-corrected chi connectivity index (χ3v) is 2.36. The summed E-state index contributed by atoms with van der Waals surface area (Å²) in [5, 5.41) is 11.2. The van der Waals surface area contributed by atoms with Crippen LogP contribution < -0.4 is 5.73 Å². The second kappa shape index (κ2) is 10.0. The first-order valence-corrected chi connectivity index (χ1v) is 7.36. The van der Waals surface area contributed by atoms with Crippen LogP contribution in [0.5, 0.6) is 0 Å². The van der Waals surface area contributed by atoms with E-state index in [0.717, 1.165) is 18.4 Å². The first-order valence-electron chi connectivity index (χ1n) is 5.12. The van der Waals surface area contributed by atoms with E-state index in [1.165, 1.54) is 5.38 Å². The van der Waals surface area contributed by atoms with Gasteiger partial charge in [-0.2, -0.15) is 8.42 Å². The van der Waals surface area contributed by atoms with Crippen molar-refractivity contribution in [1.82, 2.24) is 4.98 Å². The number of thiazole rings is 1. The van der Waals surface area contributed by atoms with Gasteiger partial charge in [-0.15, -0.1) is 23.7 Å². The van der Waals surface area contributed by atoms with Crippen molar-refractivity contribution >= 4 is 56.7 Å². The van der Waals surface area contributed by atoms with E-state index in [-0.39, 0.29) is 23.2 Å². The molecule has 1 heterocycles. The quantitative estimate of drug-likeness (QED) is 0.397. The van der Waals surface area contributed by atoms with Gasteiger partial charge in [-0.05, 0) is 13.8 Å². The van der Waals surface area contributed by atoms with Crippen molar-refractivity contribution in [2.24, 2.45) is 5.16 Å². The summed E-state index contributed by atoms with van der Waals surface area (Å²) in [7, 11) is -3.79. The monoisotopic (exact) mass is 374 g/mol. The number of nitrogens with zero attached hydrogens (tertiary/aromatic N) is 2. The van der Waals surface area contributed by atoms with Crippen LogP contribution in [0.4, 0.5) is 5.13 Å². The van der Waals surface area contributed by atoms with Gasteiger partial charge in [0.2, 0.25) is 5.71 Å². The lowest BCUT2D eigenvalue weighted by atomic mass is 10.3. The van der Waals surface area contributed by atoms with Crippen LogP contribution in [-0.2, 0) is 24.2 Å². The summed E-state index contributed by atoms with van der Waals surface area (Å²) in [5.41, 5.74) is 5.44. The van der Waals surface area contributed by atoms with Gasteiger partial charge in [-0.1, -0.05) is 5.16 Å². The molecule has 0 unspecified atom stereocenters. The summed E-state index contributed by atoms with van der Waals surface area (Å²) < 4.78 is 32.8. The predicted octanol–water partition coefficient (Wildman–Crippen LogP) is 0.890. The number of carbonyl (C=O) groups excluding carboxylic acids is 1. The molecule has 22 heavy (non-hydrogen) atoms. The van der Waals surface area contributed by atoms with E-state index in [1.54, 1.807) is 13.8 Å². The summed E-state index contributed by atoms with van der Waals surface area (Å²) in [6.07, 6.45) is 0. The molecule has 1 rings (SSSR count). The van der Waals surface area contributed by atoms with Crippen LogP contribution >= 0.6 is 23.7 Å². The third-order valence-electron chi connectivity index (χ3n) is 1.32.